The van der Waals surface area contributed by atoms with Crippen molar-refractivity contribution in [3.05, 3.63) is 29.3 Å². The Hall–Kier alpha value is -2.41. The van der Waals surface area contributed by atoms with Gasteiger partial charge in [0.15, 0.2) is 0 Å². The van der Waals surface area contributed by atoms with Crippen molar-refractivity contribution < 1.29 is 14.4 Å². The number of benzene rings is 1. The molecule has 24 heavy (non-hydrogen) atoms. The topological polar surface area (TPSA) is 82.1 Å². The molecule has 3 amide bonds. The number of carbonyl (C=O) groups excluding carboxylic acids is 3. The highest BCUT2D eigenvalue weighted by molar-refractivity contribution is 6.39. The number of hydrogen-bond donors (Lipinski definition) is 1. The highest BCUT2D eigenvalue weighted by atomic mass is 35.5. The first kappa shape index (κ1) is 16.4. The van der Waals surface area contributed by atoms with E-state index in [1.54, 1.807) is 23.1 Å². The molecule has 2 heterocycles. The molecule has 2 aliphatic rings. The van der Waals surface area contributed by atoms with Gasteiger partial charge >= 0.3 is 0 Å². The van der Waals surface area contributed by atoms with E-state index in [4.69, 9.17) is 11.6 Å². The Labute approximate surface area is 144 Å². The zero-order valence-corrected chi connectivity index (χ0v) is 13.9. The molecule has 1 aromatic carbocycles. The number of para-hydroxylation sites is 1. The predicted octanol–water partition coefficient (Wildman–Crippen LogP) is 1.17. The van der Waals surface area contributed by atoms with Crippen molar-refractivity contribution in [3.63, 3.8) is 0 Å². The third kappa shape index (κ3) is 3.26. The third-order valence-corrected chi connectivity index (χ3v) is 4.39. The normalized spacial score (nSPS) is 21.1. The molecule has 7 nitrogen and oxygen atoms in total. The molecule has 3 rings (SSSR count). The van der Waals surface area contributed by atoms with Gasteiger partial charge in [0.2, 0.25) is 11.8 Å². The highest BCUT2D eigenvalue weighted by Crippen LogP contribution is 2.29. The number of carbonyl (C=O) groups is 3. The molecule has 0 saturated carbocycles. The van der Waals surface area contributed by atoms with E-state index in [0.29, 0.717) is 29.4 Å². The highest BCUT2D eigenvalue weighted by Gasteiger charge is 2.33. The monoisotopic (exact) mass is 348 g/mol. The smallest absolute Gasteiger partial charge is 0.267 e. The fourth-order valence-corrected chi connectivity index (χ4v) is 3.05. The quantitative estimate of drug-likeness (QED) is 0.890. The van der Waals surface area contributed by atoms with Crippen molar-refractivity contribution in [2.45, 2.75) is 25.3 Å². The minimum Gasteiger partial charge on any atom is -0.346 e. The van der Waals surface area contributed by atoms with Crippen molar-refractivity contribution in [1.29, 1.82) is 0 Å². The minimum atomic E-state index is -0.340. The molecule has 1 fully saturated rings. The first-order chi connectivity index (χ1) is 11.5. The van der Waals surface area contributed by atoms with Gasteiger partial charge in [-0.25, -0.2) is 5.01 Å². The van der Waals surface area contributed by atoms with Crippen LogP contribution in [0.4, 0.5) is 5.69 Å². The van der Waals surface area contributed by atoms with Gasteiger partial charge in [0, 0.05) is 32.9 Å². The van der Waals surface area contributed by atoms with Crippen LogP contribution in [0.25, 0.3) is 0 Å². The van der Waals surface area contributed by atoms with Crippen molar-refractivity contribution in [2.75, 3.05) is 18.5 Å². The van der Waals surface area contributed by atoms with E-state index < -0.39 is 0 Å². The number of nitrogens with one attached hydrogen (secondary N) is 1. The maximum Gasteiger partial charge on any atom is 0.267 e. The average Bonchev–Trinajstić information content (AvgIpc) is 2.90. The van der Waals surface area contributed by atoms with Crippen molar-refractivity contribution in [2.24, 2.45) is 5.10 Å². The summed E-state index contributed by atoms with van der Waals surface area (Å²) in [4.78, 5) is 37.5. The molecule has 0 unspecified atom stereocenters. The maximum absolute atomic E-state index is 12.3. The molecule has 0 aliphatic carbocycles. The van der Waals surface area contributed by atoms with Gasteiger partial charge in [-0.15, -0.1) is 0 Å². The van der Waals surface area contributed by atoms with Crippen LogP contribution in [0.15, 0.2) is 29.4 Å². The number of amides is 3. The zero-order valence-electron chi connectivity index (χ0n) is 13.2. The van der Waals surface area contributed by atoms with Gasteiger partial charge in [0.05, 0.1) is 16.8 Å². The molecular weight excluding hydrogens is 332 g/mol. The first-order valence-electron chi connectivity index (χ1n) is 7.65. The predicted molar refractivity (Wildman–Crippen MR) is 89.8 cm³/mol. The summed E-state index contributed by atoms with van der Waals surface area (Å²) in [5.74, 6) is -0.549. The maximum atomic E-state index is 12.3. The lowest BCUT2D eigenvalue weighted by molar-refractivity contribution is -0.130. The summed E-state index contributed by atoms with van der Waals surface area (Å²) >= 11 is 6.14. The fourth-order valence-electron chi connectivity index (χ4n) is 2.81. The number of hydrazone groups is 1. The van der Waals surface area contributed by atoms with E-state index in [1.807, 2.05) is 6.07 Å². The summed E-state index contributed by atoms with van der Waals surface area (Å²) in [6.07, 6.45) is 0.779. The Morgan fingerprint density at radius 2 is 2.00 bits per heavy atom. The summed E-state index contributed by atoms with van der Waals surface area (Å²) in [5.41, 5.74) is 0.946. The Balaban J connectivity index is 1.67. The molecule has 0 aromatic heterocycles. The van der Waals surface area contributed by atoms with E-state index in [-0.39, 0.29) is 36.6 Å². The van der Waals surface area contributed by atoms with Gasteiger partial charge in [-0.3, -0.25) is 14.4 Å². The Morgan fingerprint density at radius 3 is 2.71 bits per heavy atom. The molecule has 0 spiro atoms. The zero-order chi connectivity index (χ0) is 17.3. The van der Waals surface area contributed by atoms with Crippen LogP contribution in [-0.2, 0) is 14.4 Å². The SMILES string of the molecule is CN1N=C(C(=O)N[C@H]2CC(=O)N(c3ccccc3Cl)C2)CCC1=O. The van der Waals surface area contributed by atoms with Crippen molar-refractivity contribution in [1.82, 2.24) is 10.3 Å². The molecule has 0 bridgehead atoms. The van der Waals surface area contributed by atoms with Gasteiger partial charge < -0.3 is 10.2 Å². The Bertz CT molecular complexity index is 734. The van der Waals surface area contributed by atoms with Crippen LogP contribution in [0.1, 0.15) is 19.3 Å². The van der Waals surface area contributed by atoms with Crippen LogP contribution in [0, 0.1) is 0 Å². The van der Waals surface area contributed by atoms with Gasteiger partial charge in [-0.05, 0) is 12.1 Å². The van der Waals surface area contributed by atoms with E-state index in [9.17, 15) is 14.4 Å². The summed E-state index contributed by atoms with van der Waals surface area (Å²) in [5, 5.41) is 8.47. The number of hydrogen-bond acceptors (Lipinski definition) is 4. The summed E-state index contributed by atoms with van der Waals surface area (Å²) in [6, 6.07) is 6.79. The molecule has 0 radical (unpaired) electrons. The van der Waals surface area contributed by atoms with Gasteiger partial charge in [-0.2, -0.15) is 5.10 Å². The average molecular weight is 349 g/mol. The summed E-state index contributed by atoms with van der Waals surface area (Å²) < 4.78 is 0. The number of anilines is 1. The van der Waals surface area contributed by atoms with Crippen LogP contribution in [0.5, 0.6) is 0 Å². The van der Waals surface area contributed by atoms with Crippen LogP contribution < -0.4 is 10.2 Å². The standard InChI is InChI=1S/C16H17ClN4O3/c1-20-14(22)7-6-12(19-20)16(24)18-10-8-15(23)21(9-10)13-5-3-2-4-11(13)17/h2-5,10H,6-9H2,1H3,(H,18,24)/t10-/m0/s1. The molecule has 1 N–H and O–H groups in total. The Kier molecular flexibility index (Phi) is 4.53. The molecule has 1 saturated heterocycles. The minimum absolute atomic E-state index is 0.0914. The molecule has 8 heteroatoms. The third-order valence-electron chi connectivity index (χ3n) is 4.07. The van der Waals surface area contributed by atoms with Crippen LogP contribution in [0.3, 0.4) is 0 Å². The number of nitrogens with zero attached hydrogens (tertiary/aromatic N) is 3. The van der Waals surface area contributed by atoms with E-state index in [0.717, 1.165) is 0 Å². The molecule has 126 valence electrons. The molecule has 1 atom stereocenters. The lowest BCUT2D eigenvalue weighted by Crippen LogP contribution is -2.43. The van der Waals surface area contributed by atoms with Gasteiger partial charge in [0.25, 0.3) is 5.91 Å². The van der Waals surface area contributed by atoms with Crippen LogP contribution in [0.2, 0.25) is 5.02 Å². The fraction of sp³-hybridized carbons (Fsp3) is 0.375. The summed E-state index contributed by atoms with van der Waals surface area (Å²) in [6.45, 7) is 0.357. The van der Waals surface area contributed by atoms with Gasteiger partial charge in [-0.1, -0.05) is 23.7 Å². The number of halogens is 1. The molecule has 1 aromatic rings. The van der Waals surface area contributed by atoms with Crippen molar-refractivity contribution >= 4 is 40.7 Å². The Morgan fingerprint density at radius 1 is 1.25 bits per heavy atom. The van der Waals surface area contributed by atoms with Crippen LogP contribution >= 0.6 is 11.6 Å². The second-order valence-corrected chi connectivity index (χ2v) is 6.20. The molecular formula is C16H17ClN4O3. The largest absolute Gasteiger partial charge is 0.346 e. The first-order valence-corrected chi connectivity index (χ1v) is 8.03. The van der Waals surface area contributed by atoms with E-state index >= 15 is 0 Å². The van der Waals surface area contributed by atoms with E-state index in [2.05, 4.69) is 10.4 Å². The van der Waals surface area contributed by atoms with E-state index in [1.165, 1.54) is 12.1 Å². The second-order valence-electron chi connectivity index (χ2n) is 5.79. The summed E-state index contributed by atoms with van der Waals surface area (Å²) in [7, 11) is 1.52. The van der Waals surface area contributed by atoms with Crippen molar-refractivity contribution in [3.8, 4) is 0 Å². The lowest BCUT2D eigenvalue weighted by Gasteiger charge is -2.21. The second kappa shape index (κ2) is 6.60. The molecule has 2 aliphatic heterocycles. The van der Waals surface area contributed by atoms with Gasteiger partial charge in [0.1, 0.15) is 5.71 Å². The van der Waals surface area contributed by atoms with Crippen LogP contribution in [-0.4, -0.2) is 48.1 Å². The number of rotatable bonds is 3. The lowest BCUT2D eigenvalue weighted by atomic mass is 10.1.